The van der Waals surface area contributed by atoms with E-state index in [0.29, 0.717) is 10.6 Å². The molecule has 1 heterocycles. The Labute approximate surface area is 118 Å². The lowest BCUT2D eigenvalue weighted by Gasteiger charge is -2.31. The number of hydrogen-bond donors (Lipinski definition) is 1. The van der Waals surface area contributed by atoms with Crippen LogP contribution in [-0.4, -0.2) is 48.7 Å². The Morgan fingerprint density at radius 3 is 2.84 bits per heavy atom. The van der Waals surface area contributed by atoms with Crippen LogP contribution in [0.5, 0.6) is 0 Å². The Bertz CT molecular complexity index is 479. The number of carboxylic acid groups (broad SMARTS) is 1. The van der Waals surface area contributed by atoms with Crippen molar-refractivity contribution in [1.29, 1.82) is 0 Å². The first-order valence-corrected chi connectivity index (χ1v) is 6.85. The fourth-order valence-corrected chi connectivity index (χ4v) is 2.82. The second-order valence-corrected chi connectivity index (χ2v) is 5.56. The highest BCUT2D eigenvalue weighted by molar-refractivity contribution is 6.31. The monoisotopic (exact) mass is 282 g/mol. The fourth-order valence-electron chi connectivity index (χ4n) is 2.65. The van der Waals surface area contributed by atoms with Gasteiger partial charge in [0.15, 0.2) is 0 Å². The Morgan fingerprint density at radius 2 is 2.16 bits per heavy atom. The van der Waals surface area contributed by atoms with Gasteiger partial charge in [0.2, 0.25) is 0 Å². The molecule has 19 heavy (non-hydrogen) atoms. The van der Waals surface area contributed by atoms with Gasteiger partial charge in [-0.05, 0) is 45.1 Å². The lowest BCUT2D eigenvalue weighted by Crippen LogP contribution is -2.38. The maximum atomic E-state index is 11.4. The van der Waals surface area contributed by atoms with Gasteiger partial charge in [0.1, 0.15) is 0 Å². The molecule has 1 unspecified atom stereocenters. The molecule has 0 aromatic heterocycles. The van der Waals surface area contributed by atoms with Gasteiger partial charge < -0.3 is 14.9 Å². The first-order valence-electron chi connectivity index (χ1n) is 6.47. The second-order valence-electron chi connectivity index (χ2n) is 5.12. The van der Waals surface area contributed by atoms with E-state index in [1.165, 1.54) is 0 Å². The Morgan fingerprint density at radius 1 is 1.42 bits per heavy atom. The molecule has 0 aliphatic carbocycles. The van der Waals surface area contributed by atoms with E-state index in [-0.39, 0.29) is 6.04 Å². The number of aromatic carboxylic acids is 1. The standard InChI is InChI=1S/C14H19ClN2O2/c1-10-9-16(2)6-3-7-17(10)13-8-11(15)4-5-12(13)14(18)19/h4-5,8,10H,3,6-7,9H2,1-2H3,(H,18,19). The zero-order valence-corrected chi connectivity index (χ0v) is 12.0. The molecule has 2 rings (SSSR count). The summed E-state index contributed by atoms with van der Waals surface area (Å²) in [4.78, 5) is 15.8. The Hall–Kier alpha value is -1.26. The summed E-state index contributed by atoms with van der Waals surface area (Å²) in [5.74, 6) is -0.906. The molecule has 4 nitrogen and oxygen atoms in total. The lowest BCUT2D eigenvalue weighted by atomic mass is 10.1. The van der Waals surface area contributed by atoms with E-state index in [9.17, 15) is 9.90 Å². The highest BCUT2D eigenvalue weighted by Crippen LogP contribution is 2.28. The highest BCUT2D eigenvalue weighted by atomic mass is 35.5. The third-order valence-electron chi connectivity index (χ3n) is 3.55. The van der Waals surface area contributed by atoms with Crippen LogP contribution in [0.15, 0.2) is 18.2 Å². The van der Waals surface area contributed by atoms with E-state index < -0.39 is 5.97 Å². The molecule has 1 N–H and O–H groups in total. The van der Waals surface area contributed by atoms with Gasteiger partial charge in [0.25, 0.3) is 0 Å². The summed E-state index contributed by atoms with van der Waals surface area (Å²) in [7, 11) is 2.09. The number of hydrogen-bond acceptors (Lipinski definition) is 3. The molecule has 0 radical (unpaired) electrons. The SMILES string of the molecule is CC1CN(C)CCCN1c1cc(Cl)ccc1C(=O)O. The predicted molar refractivity (Wildman–Crippen MR) is 77.3 cm³/mol. The third-order valence-corrected chi connectivity index (χ3v) is 3.78. The van der Waals surface area contributed by atoms with Crippen LogP contribution in [0.3, 0.4) is 0 Å². The quantitative estimate of drug-likeness (QED) is 0.905. The van der Waals surface area contributed by atoms with Crippen LogP contribution in [0.1, 0.15) is 23.7 Å². The van der Waals surface area contributed by atoms with Crippen LogP contribution in [0.25, 0.3) is 0 Å². The summed E-state index contributed by atoms with van der Waals surface area (Å²) in [5.41, 5.74) is 1.05. The van der Waals surface area contributed by atoms with E-state index in [0.717, 1.165) is 31.7 Å². The van der Waals surface area contributed by atoms with Crippen LogP contribution in [0.4, 0.5) is 5.69 Å². The summed E-state index contributed by atoms with van der Waals surface area (Å²) >= 11 is 6.03. The number of halogens is 1. The zero-order chi connectivity index (χ0) is 14.0. The molecule has 1 fully saturated rings. The molecule has 5 heteroatoms. The minimum Gasteiger partial charge on any atom is -0.478 e. The van der Waals surface area contributed by atoms with Gasteiger partial charge in [-0.1, -0.05) is 11.6 Å². The van der Waals surface area contributed by atoms with Crippen molar-refractivity contribution in [3.05, 3.63) is 28.8 Å². The minimum atomic E-state index is -0.906. The molecule has 0 amide bonds. The second kappa shape index (κ2) is 5.80. The van der Waals surface area contributed by atoms with Crippen LogP contribution < -0.4 is 4.90 Å². The predicted octanol–water partition coefficient (Wildman–Crippen LogP) is 2.57. The zero-order valence-electron chi connectivity index (χ0n) is 11.3. The first-order chi connectivity index (χ1) is 8.99. The van der Waals surface area contributed by atoms with E-state index in [2.05, 4.69) is 23.8 Å². The average molecular weight is 283 g/mol. The summed E-state index contributed by atoms with van der Waals surface area (Å²) < 4.78 is 0. The van der Waals surface area contributed by atoms with Crippen molar-refractivity contribution < 1.29 is 9.90 Å². The number of likely N-dealkylation sites (N-methyl/N-ethyl adjacent to an activating group) is 1. The summed E-state index contributed by atoms with van der Waals surface area (Å²) in [6, 6.07) is 5.24. The molecular weight excluding hydrogens is 264 g/mol. The molecule has 1 aliphatic rings. The fraction of sp³-hybridized carbons (Fsp3) is 0.500. The summed E-state index contributed by atoms with van der Waals surface area (Å²) in [6.45, 7) is 4.93. The largest absolute Gasteiger partial charge is 0.478 e. The maximum Gasteiger partial charge on any atom is 0.337 e. The smallest absolute Gasteiger partial charge is 0.337 e. The molecule has 0 spiro atoms. The molecule has 1 aromatic rings. The molecule has 0 bridgehead atoms. The van der Waals surface area contributed by atoms with Crippen molar-refractivity contribution in [3.63, 3.8) is 0 Å². The number of anilines is 1. The van der Waals surface area contributed by atoms with E-state index in [1.54, 1.807) is 18.2 Å². The Balaban J connectivity index is 2.38. The molecule has 1 atom stereocenters. The molecule has 1 aliphatic heterocycles. The molecule has 1 aromatic carbocycles. The van der Waals surface area contributed by atoms with Gasteiger partial charge in [-0.2, -0.15) is 0 Å². The third kappa shape index (κ3) is 3.19. The molecule has 1 saturated heterocycles. The average Bonchev–Trinajstić information content (AvgIpc) is 2.49. The highest BCUT2D eigenvalue weighted by Gasteiger charge is 2.24. The van der Waals surface area contributed by atoms with Gasteiger partial charge >= 0.3 is 5.97 Å². The van der Waals surface area contributed by atoms with Crippen molar-refractivity contribution >= 4 is 23.3 Å². The Kier molecular flexibility index (Phi) is 4.32. The van der Waals surface area contributed by atoms with Gasteiger partial charge in [-0.25, -0.2) is 4.79 Å². The van der Waals surface area contributed by atoms with Crippen LogP contribution in [0, 0.1) is 0 Å². The first kappa shape index (κ1) is 14.2. The number of carbonyl (C=O) groups is 1. The van der Waals surface area contributed by atoms with E-state index in [4.69, 9.17) is 11.6 Å². The number of benzene rings is 1. The number of nitrogens with zero attached hydrogens (tertiary/aromatic N) is 2. The van der Waals surface area contributed by atoms with E-state index >= 15 is 0 Å². The van der Waals surface area contributed by atoms with Crippen LogP contribution >= 0.6 is 11.6 Å². The molecule has 0 saturated carbocycles. The van der Waals surface area contributed by atoms with Crippen molar-refractivity contribution in [3.8, 4) is 0 Å². The van der Waals surface area contributed by atoms with Gasteiger partial charge in [-0.15, -0.1) is 0 Å². The minimum absolute atomic E-state index is 0.268. The number of rotatable bonds is 2. The van der Waals surface area contributed by atoms with Crippen molar-refractivity contribution in [1.82, 2.24) is 4.90 Å². The van der Waals surface area contributed by atoms with Crippen LogP contribution in [0.2, 0.25) is 5.02 Å². The maximum absolute atomic E-state index is 11.4. The topological polar surface area (TPSA) is 43.8 Å². The number of carboxylic acids is 1. The van der Waals surface area contributed by atoms with Crippen LogP contribution in [-0.2, 0) is 0 Å². The summed E-state index contributed by atoms with van der Waals surface area (Å²) in [6.07, 6.45) is 1.02. The molecule has 104 valence electrons. The summed E-state index contributed by atoms with van der Waals surface area (Å²) in [5, 5.41) is 9.89. The van der Waals surface area contributed by atoms with Crippen molar-refractivity contribution in [2.75, 3.05) is 31.6 Å². The van der Waals surface area contributed by atoms with Gasteiger partial charge in [-0.3, -0.25) is 0 Å². The van der Waals surface area contributed by atoms with Crippen molar-refractivity contribution in [2.45, 2.75) is 19.4 Å². The van der Waals surface area contributed by atoms with Crippen molar-refractivity contribution in [2.24, 2.45) is 0 Å². The lowest BCUT2D eigenvalue weighted by molar-refractivity contribution is 0.0697. The normalized spacial score (nSPS) is 21.2. The van der Waals surface area contributed by atoms with Gasteiger partial charge in [0.05, 0.1) is 11.3 Å². The molecular formula is C14H19ClN2O2. The van der Waals surface area contributed by atoms with Gasteiger partial charge in [0, 0.05) is 24.2 Å². The van der Waals surface area contributed by atoms with E-state index in [1.807, 2.05) is 0 Å².